The first kappa shape index (κ1) is 17.8. The molecule has 0 fully saturated rings. The van der Waals surface area contributed by atoms with Gasteiger partial charge in [-0.15, -0.1) is 5.10 Å². The summed E-state index contributed by atoms with van der Waals surface area (Å²) in [5, 5.41) is 4.53. The first-order valence-corrected chi connectivity index (χ1v) is 6.78. The summed E-state index contributed by atoms with van der Waals surface area (Å²) in [6, 6.07) is 6.44. The number of benzene rings is 1. The van der Waals surface area contributed by atoms with Crippen LogP contribution in [-0.2, 0) is 21.1 Å². The maximum atomic E-state index is 5.61. The molecule has 1 heterocycles. The molecular weight excluding hydrogens is 447 g/mol. The van der Waals surface area contributed by atoms with Crippen LogP contribution in [-0.4, -0.2) is 24.0 Å². The minimum absolute atomic E-state index is 0. The third-order valence-corrected chi connectivity index (χ3v) is 3.44. The van der Waals surface area contributed by atoms with Gasteiger partial charge in [-0.3, -0.25) is 0 Å². The zero-order valence-electron chi connectivity index (χ0n) is 13.3. The second kappa shape index (κ2) is 7.13. The standard InChI is InChI=1S/C16H22N2O2.Pt/c1-10(2)18-16(20-6)14(15(17-18)19-5)13-11(3)8-7-9-12(13)4;/h7-10H,1-6H3;. The van der Waals surface area contributed by atoms with Gasteiger partial charge in [-0.1, -0.05) is 18.2 Å². The van der Waals surface area contributed by atoms with Crippen molar-refractivity contribution in [1.29, 1.82) is 0 Å². The van der Waals surface area contributed by atoms with Crippen LogP contribution < -0.4 is 9.47 Å². The maximum absolute atomic E-state index is 5.61. The van der Waals surface area contributed by atoms with E-state index >= 15 is 0 Å². The molecule has 1 aromatic heterocycles. The van der Waals surface area contributed by atoms with Gasteiger partial charge in [-0.05, 0) is 44.4 Å². The topological polar surface area (TPSA) is 36.3 Å². The van der Waals surface area contributed by atoms with Crippen LogP contribution in [0.1, 0.15) is 31.0 Å². The third kappa shape index (κ3) is 3.16. The van der Waals surface area contributed by atoms with E-state index in [0.29, 0.717) is 5.88 Å². The molecule has 0 aliphatic rings. The van der Waals surface area contributed by atoms with Gasteiger partial charge in [0.15, 0.2) is 0 Å². The second-order valence-corrected chi connectivity index (χ2v) is 5.20. The molecule has 0 atom stereocenters. The normalized spacial score (nSPS) is 10.4. The van der Waals surface area contributed by atoms with Crippen LogP contribution in [0.4, 0.5) is 0 Å². The van der Waals surface area contributed by atoms with Crippen molar-refractivity contribution >= 4 is 0 Å². The average molecular weight is 469 g/mol. The Morgan fingerprint density at radius 1 is 1.00 bits per heavy atom. The number of rotatable bonds is 4. The van der Waals surface area contributed by atoms with Crippen LogP contribution in [0, 0.1) is 13.8 Å². The summed E-state index contributed by atoms with van der Waals surface area (Å²) in [5.41, 5.74) is 4.43. The minimum Gasteiger partial charge on any atom is -0.481 e. The summed E-state index contributed by atoms with van der Waals surface area (Å²) in [7, 11) is 3.32. The van der Waals surface area contributed by atoms with Crippen molar-refractivity contribution in [2.75, 3.05) is 14.2 Å². The molecule has 0 unspecified atom stereocenters. The fourth-order valence-corrected chi connectivity index (χ4v) is 2.51. The quantitative estimate of drug-likeness (QED) is 0.684. The van der Waals surface area contributed by atoms with Gasteiger partial charge in [0, 0.05) is 21.1 Å². The number of nitrogens with zero attached hydrogens (tertiary/aromatic N) is 2. The Kier molecular flexibility index (Phi) is 6.03. The molecule has 1 aromatic carbocycles. The van der Waals surface area contributed by atoms with E-state index in [1.165, 1.54) is 11.1 Å². The zero-order valence-corrected chi connectivity index (χ0v) is 15.6. The van der Waals surface area contributed by atoms with Crippen molar-refractivity contribution < 1.29 is 30.5 Å². The molecule has 0 radical (unpaired) electrons. The van der Waals surface area contributed by atoms with E-state index < -0.39 is 0 Å². The van der Waals surface area contributed by atoms with Crippen LogP contribution >= 0.6 is 0 Å². The molecular formula is C16H22N2O2Pt. The Balaban J connectivity index is 0.00000220. The summed E-state index contributed by atoms with van der Waals surface area (Å²) in [6.45, 7) is 8.33. The molecule has 2 rings (SSSR count). The zero-order chi connectivity index (χ0) is 14.9. The number of aromatic nitrogens is 2. The summed E-state index contributed by atoms with van der Waals surface area (Å²) < 4.78 is 12.9. The van der Waals surface area contributed by atoms with Gasteiger partial charge in [0.25, 0.3) is 0 Å². The molecule has 0 N–H and O–H groups in total. The van der Waals surface area contributed by atoms with Crippen molar-refractivity contribution in [3.8, 4) is 22.9 Å². The van der Waals surface area contributed by atoms with Crippen molar-refractivity contribution in [2.45, 2.75) is 33.7 Å². The van der Waals surface area contributed by atoms with E-state index in [1.807, 2.05) is 4.68 Å². The summed E-state index contributed by atoms with van der Waals surface area (Å²) in [6.07, 6.45) is 0. The number of hydrogen-bond acceptors (Lipinski definition) is 3. The number of methoxy groups -OCH3 is 2. The van der Waals surface area contributed by atoms with E-state index in [4.69, 9.17) is 9.47 Å². The van der Waals surface area contributed by atoms with Gasteiger partial charge in [0.1, 0.15) is 5.56 Å². The maximum Gasteiger partial charge on any atom is 0.244 e. The van der Waals surface area contributed by atoms with Crippen molar-refractivity contribution in [1.82, 2.24) is 9.78 Å². The molecule has 0 aliphatic heterocycles. The first-order valence-electron chi connectivity index (χ1n) is 6.78. The molecule has 0 bridgehead atoms. The summed E-state index contributed by atoms with van der Waals surface area (Å²) in [4.78, 5) is 0. The van der Waals surface area contributed by atoms with E-state index in [9.17, 15) is 0 Å². The van der Waals surface area contributed by atoms with Gasteiger partial charge in [0.05, 0.1) is 20.3 Å². The Morgan fingerprint density at radius 3 is 2.00 bits per heavy atom. The monoisotopic (exact) mass is 469 g/mol. The van der Waals surface area contributed by atoms with Crippen LogP contribution in [0.2, 0.25) is 0 Å². The molecule has 4 nitrogen and oxygen atoms in total. The van der Waals surface area contributed by atoms with Gasteiger partial charge >= 0.3 is 0 Å². The molecule has 5 heteroatoms. The van der Waals surface area contributed by atoms with Crippen molar-refractivity contribution in [3.63, 3.8) is 0 Å². The second-order valence-electron chi connectivity index (χ2n) is 5.20. The van der Waals surface area contributed by atoms with Gasteiger partial charge in [-0.25, -0.2) is 4.68 Å². The van der Waals surface area contributed by atoms with Crippen molar-refractivity contribution in [2.24, 2.45) is 0 Å². The van der Waals surface area contributed by atoms with E-state index in [0.717, 1.165) is 17.0 Å². The van der Waals surface area contributed by atoms with E-state index in [1.54, 1.807) is 14.2 Å². The molecule has 21 heavy (non-hydrogen) atoms. The molecule has 0 aliphatic carbocycles. The van der Waals surface area contributed by atoms with Gasteiger partial charge in [-0.2, -0.15) is 0 Å². The fraction of sp³-hybridized carbons (Fsp3) is 0.438. The van der Waals surface area contributed by atoms with Gasteiger partial charge < -0.3 is 9.47 Å². The number of hydrogen-bond donors (Lipinski definition) is 0. The number of ether oxygens (including phenoxy) is 2. The first-order chi connectivity index (χ1) is 9.51. The van der Waals surface area contributed by atoms with E-state index in [-0.39, 0.29) is 27.1 Å². The smallest absolute Gasteiger partial charge is 0.244 e. The SMILES string of the molecule is COc1nn(C(C)C)c(OC)c1-c1c(C)cccc1C.[Pt]. The molecule has 0 saturated carbocycles. The molecule has 0 amide bonds. The molecule has 0 saturated heterocycles. The largest absolute Gasteiger partial charge is 0.481 e. The summed E-state index contributed by atoms with van der Waals surface area (Å²) >= 11 is 0. The molecule has 2 aromatic rings. The number of aryl methyl sites for hydroxylation is 2. The van der Waals surface area contributed by atoms with Crippen LogP contribution in [0.5, 0.6) is 11.8 Å². The van der Waals surface area contributed by atoms with Crippen molar-refractivity contribution in [3.05, 3.63) is 29.3 Å². The average Bonchev–Trinajstić information content (AvgIpc) is 2.77. The Labute approximate surface area is 140 Å². The Bertz CT molecular complexity index is 601. The Morgan fingerprint density at radius 2 is 1.57 bits per heavy atom. The Hall–Kier alpha value is -1.28. The van der Waals surface area contributed by atoms with Crippen LogP contribution in [0.3, 0.4) is 0 Å². The van der Waals surface area contributed by atoms with E-state index in [2.05, 4.69) is 51.0 Å². The molecule has 118 valence electrons. The predicted molar refractivity (Wildman–Crippen MR) is 80.6 cm³/mol. The van der Waals surface area contributed by atoms with Crippen LogP contribution in [0.15, 0.2) is 18.2 Å². The fourth-order valence-electron chi connectivity index (χ4n) is 2.51. The van der Waals surface area contributed by atoms with Crippen LogP contribution in [0.25, 0.3) is 11.1 Å². The summed E-state index contributed by atoms with van der Waals surface area (Å²) in [5.74, 6) is 1.35. The predicted octanol–water partition coefficient (Wildman–Crippen LogP) is 3.76. The third-order valence-electron chi connectivity index (χ3n) is 3.44. The van der Waals surface area contributed by atoms with Gasteiger partial charge in [0.2, 0.25) is 11.8 Å². The molecule has 0 spiro atoms. The minimum atomic E-state index is 0.